The predicted molar refractivity (Wildman–Crippen MR) is 55.7 cm³/mol. The Kier molecular flexibility index (Phi) is 3.48. The molecule has 0 unspecified atom stereocenters. The summed E-state index contributed by atoms with van der Waals surface area (Å²) in [4.78, 5) is 12.5. The maximum Gasteiger partial charge on any atom is 0.222 e. The molecule has 0 spiro atoms. The molecular formula is C10H15NOS. The van der Waals surface area contributed by atoms with E-state index >= 15 is 0 Å². The van der Waals surface area contributed by atoms with Crippen LogP contribution in [0.1, 0.15) is 24.3 Å². The van der Waals surface area contributed by atoms with Gasteiger partial charge >= 0.3 is 0 Å². The number of carbonyl (C=O) groups excluding carboxylic acids is 1. The third-order valence-electron chi connectivity index (χ3n) is 1.78. The van der Waals surface area contributed by atoms with Gasteiger partial charge in [0.25, 0.3) is 0 Å². The van der Waals surface area contributed by atoms with E-state index in [0.717, 1.165) is 0 Å². The van der Waals surface area contributed by atoms with E-state index in [9.17, 15) is 4.79 Å². The number of rotatable bonds is 3. The minimum atomic E-state index is 0.0692. The van der Waals surface area contributed by atoms with Crippen LogP contribution in [0, 0.1) is 12.8 Å². The summed E-state index contributed by atoms with van der Waals surface area (Å²) in [7, 11) is 0. The molecule has 0 saturated heterocycles. The molecule has 0 aliphatic rings. The van der Waals surface area contributed by atoms with Crippen LogP contribution in [0.25, 0.3) is 0 Å². The fraction of sp³-hybridized carbons (Fsp3) is 0.500. The maximum absolute atomic E-state index is 11.2. The van der Waals surface area contributed by atoms with Crippen molar-refractivity contribution in [3.05, 3.63) is 21.9 Å². The fourth-order valence-electron chi connectivity index (χ4n) is 0.984. The first-order valence-corrected chi connectivity index (χ1v) is 5.29. The first kappa shape index (κ1) is 10.3. The summed E-state index contributed by atoms with van der Waals surface area (Å²) in [6.45, 7) is 6.52. The second kappa shape index (κ2) is 4.42. The van der Waals surface area contributed by atoms with E-state index < -0.39 is 0 Å². The Morgan fingerprint density at radius 3 is 2.77 bits per heavy atom. The first-order valence-electron chi connectivity index (χ1n) is 4.41. The second-order valence-electron chi connectivity index (χ2n) is 3.44. The van der Waals surface area contributed by atoms with Gasteiger partial charge in [0.1, 0.15) is 0 Å². The molecule has 0 fully saturated rings. The van der Waals surface area contributed by atoms with Crippen LogP contribution < -0.4 is 5.32 Å². The zero-order chi connectivity index (χ0) is 9.84. The molecule has 0 atom stereocenters. The number of hydrogen-bond donors (Lipinski definition) is 1. The van der Waals surface area contributed by atoms with Gasteiger partial charge in [-0.1, -0.05) is 13.8 Å². The number of aryl methyl sites for hydroxylation is 1. The van der Waals surface area contributed by atoms with Gasteiger partial charge in [0, 0.05) is 17.3 Å². The van der Waals surface area contributed by atoms with Crippen LogP contribution in [0.2, 0.25) is 0 Å². The molecule has 2 nitrogen and oxygen atoms in total. The largest absolute Gasteiger partial charge is 0.352 e. The SMILES string of the molecule is Cc1cc(CNC(=O)C(C)C)cs1. The molecule has 1 rings (SSSR count). The number of amides is 1. The third-order valence-corrected chi connectivity index (χ3v) is 2.69. The Bertz CT molecular complexity index is 291. The quantitative estimate of drug-likeness (QED) is 0.791. The summed E-state index contributed by atoms with van der Waals surface area (Å²) >= 11 is 1.71. The zero-order valence-corrected chi connectivity index (χ0v) is 9.07. The summed E-state index contributed by atoms with van der Waals surface area (Å²) < 4.78 is 0. The van der Waals surface area contributed by atoms with Gasteiger partial charge in [-0.05, 0) is 23.9 Å². The highest BCUT2D eigenvalue weighted by atomic mass is 32.1. The van der Waals surface area contributed by atoms with E-state index in [-0.39, 0.29) is 11.8 Å². The molecular weight excluding hydrogens is 182 g/mol. The number of nitrogens with one attached hydrogen (secondary N) is 1. The molecule has 1 heterocycles. The van der Waals surface area contributed by atoms with Crippen molar-refractivity contribution >= 4 is 17.2 Å². The lowest BCUT2D eigenvalue weighted by atomic mass is 10.2. The summed E-state index contributed by atoms with van der Waals surface area (Å²) in [5, 5.41) is 4.96. The highest BCUT2D eigenvalue weighted by molar-refractivity contribution is 7.10. The van der Waals surface area contributed by atoms with Gasteiger partial charge in [0.05, 0.1) is 0 Å². The smallest absolute Gasteiger partial charge is 0.222 e. The van der Waals surface area contributed by atoms with Crippen LogP contribution in [0.4, 0.5) is 0 Å². The van der Waals surface area contributed by atoms with Crippen molar-refractivity contribution in [3.63, 3.8) is 0 Å². The van der Waals surface area contributed by atoms with Crippen molar-refractivity contribution in [1.82, 2.24) is 5.32 Å². The Hall–Kier alpha value is -0.830. The summed E-state index contributed by atoms with van der Waals surface area (Å²) in [6.07, 6.45) is 0. The fourth-order valence-corrected chi connectivity index (χ4v) is 1.69. The molecule has 1 N–H and O–H groups in total. The van der Waals surface area contributed by atoms with Crippen LogP contribution >= 0.6 is 11.3 Å². The van der Waals surface area contributed by atoms with Crippen LogP contribution in [-0.4, -0.2) is 5.91 Å². The van der Waals surface area contributed by atoms with E-state index in [4.69, 9.17) is 0 Å². The van der Waals surface area contributed by atoms with Gasteiger partial charge in [-0.25, -0.2) is 0 Å². The Morgan fingerprint density at radius 2 is 2.31 bits per heavy atom. The maximum atomic E-state index is 11.2. The van der Waals surface area contributed by atoms with Crippen molar-refractivity contribution < 1.29 is 4.79 Å². The molecule has 1 aromatic heterocycles. The van der Waals surface area contributed by atoms with Gasteiger partial charge in [0.2, 0.25) is 5.91 Å². The van der Waals surface area contributed by atoms with E-state index in [1.807, 2.05) is 13.8 Å². The molecule has 1 amide bonds. The monoisotopic (exact) mass is 197 g/mol. The summed E-state index contributed by atoms with van der Waals surface area (Å²) in [6, 6.07) is 2.10. The molecule has 0 saturated carbocycles. The van der Waals surface area contributed by atoms with Gasteiger partial charge < -0.3 is 5.32 Å². The van der Waals surface area contributed by atoms with Gasteiger partial charge in [0.15, 0.2) is 0 Å². The van der Waals surface area contributed by atoms with Crippen molar-refractivity contribution in [2.75, 3.05) is 0 Å². The number of thiophene rings is 1. The Morgan fingerprint density at radius 1 is 1.62 bits per heavy atom. The lowest BCUT2D eigenvalue weighted by Gasteiger charge is -2.05. The Labute approximate surface area is 83.0 Å². The molecule has 0 aliphatic heterocycles. The standard InChI is InChI=1S/C10H15NOS/c1-7(2)10(12)11-5-9-4-8(3)13-6-9/h4,6-7H,5H2,1-3H3,(H,11,12). The highest BCUT2D eigenvalue weighted by Gasteiger charge is 2.05. The highest BCUT2D eigenvalue weighted by Crippen LogP contribution is 2.12. The van der Waals surface area contributed by atoms with Crippen LogP contribution in [0.15, 0.2) is 11.4 Å². The van der Waals surface area contributed by atoms with E-state index in [2.05, 4.69) is 23.7 Å². The van der Waals surface area contributed by atoms with Gasteiger partial charge in [-0.15, -0.1) is 11.3 Å². The molecule has 3 heteroatoms. The van der Waals surface area contributed by atoms with Crippen molar-refractivity contribution in [2.24, 2.45) is 5.92 Å². The van der Waals surface area contributed by atoms with Crippen molar-refractivity contribution in [2.45, 2.75) is 27.3 Å². The minimum absolute atomic E-state index is 0.0692. The minimum Gasteiger partial charge on any atom is -0.352 e. The van der Waals surface area contributed by atoms with Crippen molar-refractivity contribution in [1.29, 1.82) is 0 Å². The first-order chi connectivity index (χ1) is 6.09. The average molecular weight is 197 g/mol. The van der Waals surface area contributed by atoms with E-state index in [1.54, 1.807) is 11.3 Å². The van der Waals surface area contributed by atoms with Crippen LogP contribution in [0.5, 0.6) is 0 Å². The molecule has 0 aromatic carbocycles. The Balaban J connectivity index is 2.39. The number of carbonyl (C=O) groups is 1. The molecule has 0 aliphatic carbocycles. The predicted octanol–water partition coefficient (Wildman–Crippen LogP) is 2.33. The third kappa shape index (κ3) is 3.19. The molecule has 1 aromatic rings. The second-order valence-corrected chi connectivity index (χ2v) is 4.55. The van der Waals surface area contributed by atoms with E-state index in [1.165, 1.54) is 10.4 Å². The topological polar surface area (TPSA) is 29.1 Å². The molecule has 13 heavy (non-hydrogen) atoms. The number of hydrogen-bond acceptors (Lipinski definition) is 2. The molecule has 0 radical (unpaired) electrons. The van der Waals surface area contributed by atoms with Crippen molar-refractivity contribution in [3.8, 4) is 0 Å². The molecule has 0 bridgehead atoms. The van der Waals surface area contributed by atoms with Crippen LogP contribution in [0.3, 0.4) is 0 Å². The lowest BCUT2D eigenvalue weighted by molar-refractivity contribution is -0.124. The summed E-state index contributed by atoms with van der Waals surface area (Å²) in [5.74, 6) is 0.184. The van der Waals surface area contributed by atoms with Gasteiger partial charge in [-0.2, -0.15) is 0 Å². The normalized spacial score (nSPS) is 10.5. The van der Waals surface area contributed by atoms with Crippen LogP contribution in [-0.2, 0) is 11.3 Å². The zero-order valence-electron chi connectivity index (χ0n) is 8.26. The lowest BCUT2D eigenvalue weighted by Crippen LogP contribution is -2.26. The molecule has 72 valence electrons. The van der Waals surface area contributed by atoms with E-state index in [0.29, 0.717) is 6.54 Å². The average Bonchev–Trinajstić information content (AvgIpc) is 2.47. The summed E-state index contributed by atoms with van der Waals surface area (Å²) in [5.41, 5.74) is 1.19. The van der Waals surface area contributed by atoms with Gasteiger partial charge in [-0.3, -0.25) is 4.79 Å².